The standard InChI is InChI=1S/C19H32Br4/c20-12-18(13-21)8-4-16(5-9-18)2-1-3-17-6-10-19(14-22,15-23)11-7-17/h16-17H,1-15H2. The van der Waals surface area contributed by atoms with Crippen LogP contribution >= 0.6 is 63.7 Å². The highest BCUT2D eigenvalue weighted by Crippen LogP contribution is 2.45. The van der Waals surface area contributed by atoms with Gasteiger partial charge in [-0.25, -0.2) is 0 Å². The van der Waals surface area contributed by atoms with Crippen LogP contribution in [0.4, 0.5) is 0 Å². The van der Waals surface area contributed by atoms with Gasteiger partial charge in [0.05, 0.1) is 0 Å². The molecule has 4 heteroatoms. The lowest BCUT2D eigenvalue weighted by atomic mass is 9.70. The molecule has 0 radical (unpaired) electrons. The van der Waals surface area contributed by atoms with Crippen LogP contribution in [0.15, 0.2) is 0 Å². The first kappa shape index (κ1) is 21.2. The number of halogens is 4. The van der Waals surface area contributed by atoms with E-state index in [1.54, 1.807) is 0 Å². The van der Waals surface area contributed by atoms with Crippen LogP contribution in [0.3, 0.4) is 0 Å². The number of hydrogen-bond acceptors (Lipinski definition) is 0. The lowest BCUT2D eigenvalue weighted by Crippen LogP contribution is -2.31. The van der Waals surface area contributed by atoms with Crippen molar-refractivity contribution in [1.29, 1.82) is 0 Å². The molecule has 23 heavy (non-hydrogen) atoms. The summed E-state index contributed by atoms with van der Waals surface area (Å²) in [5.74, 6) is 2.02. The monoisotopic (exact) mass is 576 g/mol. The molecule has 0 spiro atoms. The molecule has 2 aliphatic rings. The lowest BCUT2D eigenvalue weighted by molar-refractivity contribution is 0.177. The Labute approximate surface area is 177 Å². The summed E-state index contributed by atoms with van der Waals surface area (Å²) < 4.78 is 0. The summed E-state index contributed by atoms with van der Waals surface area (Å²) in [6.45, 7) is 0. The summed E-state index contributed by atoms with van der Waals surface area (Å²) in [6.07, 6.45) is 15.9. The maximum absolute atomic E-state index is 3.74. The van der Waals surface area contributed by atoms with Gasteiger partial charge in [0.1, 0.15) is 0 Å². The molecule has 0 unspecified atom stereocenters. The van der Waals surface area contributed by atoms with E-state index in [0.717, 1.165) is 11.8 Å². The molecule has 0 bridgehead atoms. The Balaban J connectivity index is 1.62. The van der Waals surface area contributed by atoms with E-state index in [4.69, 9.17) is 0 Å². The van der Waals surface area contributed by atoms with Crippen molar-refractivity contribution in [2.75, 3.05) is 21.3 Å². The summed E-state index contributed by atoms with van der Waals surface area (Å²) in [4.78, 5) is 0. The molecule has 0 saturated heterocycles. The van der Waals surface area contributed by atoms with Gasteiger partial charge in [-0.2, -0.15) is 0 Å². The second-order valence-electron chi connectivity index (χ2n) is 8.35. The first-order valence-electron chi connectivity index (χ1n) is 9.35. The van der Waals surface area contributed by atoms with Gasteiger partial charge in [0, 0.05) is 21.3 Å². The van der Waals surface area contributed by atoms with Gasteiger partial charge >= 0.3 is 0 Å². The lowest BCUT2D eigenvalue weighted by Gasteiger charge is -2.39. The maximum atomic E-state index is 3.74. The topological polar surface area (TPSA) is 0 Å². The first-order chi connectivity index (χ1) is 11.1. The number of rotatable bonds is 8. The molecule has 136 valence electrons. The highest BCUT2D eigenvalue weighted by Gasteiger charge is 2.34. The molecule has 0 nitrogen and oxygen atoms in total. The molecule has 2 fully saturated rings. The van der Waals surface area contributed by atoms with Gasteiger partial charge < -0.3 is 0 Å². The van der Waals surface area contributed by atoms with E-state index >= 15 is 0 Å². The van der Waals surface area contributed by atoms with Crippen molar-refractivity contribution < 1.29 is 0 Å². The molecule has 0 aromatic carbocycles. The Bertz CT molecular complexity index is 284. The van der Waals surface area contributed by atoms with Crippen LogP contribution in [0.1, 0.15) is 70.6 Å². The minimum absolute atomic E-state index is 0.550. The zero-order valence-corrected chi connectivity index (χ0v) is 20.6. The van der Waals surface area contributed by atoms with E-state index in [1.807, 2.05) is 0 Å². The van der Waals surface area contributed by atoms with E-state index in [-0.39, 0.29) is 0 Å². The molecule has 2 aliphatic carbocycles. The van der Waals surface area contributed by atoms with Crippen molar-refractivity contribution in [1.82, 2.24) is 0 Å². The summed E-state index contributed by atoms with van der Waals surface area (Å²) in [7, 11) is 0. The van der Waals surface area contributed by atoms with Gasteiger partial charge in [0.25, 0.3) is 0 Å². The Morgan fingerprint density at radius 2 is 0.870 bits per heavy atom. The van der Waals surface area contributed by atoms with Crippen molar-refractivity contribution in [3.8, 4) is 0 Å². The molecule has 0 atom stereocenters. The third-order valence-corrected chi connectivity index (χ3v) is 11.4. The summed E-state index contributed by atoms with van der Waals surface area (Å²) in [6, 6.07) is 0. The second kappa shape index (κ2) is 10.3. The SMILES string of the molecule is BrCC1(CBr)CCC(CCCC2CCC(CBr)(CBr)CC2)CC1. The molecular weight excluding hydrogens is 548 g/mol. The third-order valence-electron chi connectivity index (χ3n) is 6.69. The van der Waals surface area contributed by atoms with E-state index < -0.39 is 0 Å². The van der Waals surface area contributed by atoms with E-state index in [0.29, 0.717) is 10.8 Å². The fourth-order valence-electron chi connectivity index (χ4n) is 4.46. The summed E-state index contributed by atoms with van der Waals surface area (Å²) in [5, 5.41) is 4.68. The predicted molar refractivity (Wildman–Crippen MR) is 118 cm³/mol. The Morgan fingerprint density at radius 3 is 1.13 bits per heavy atom. The molecule has 2 saturated carbocycles. The van der Waals surface area contributed by atoms with Gasteiger partial charge in [-0.05, 0) is 74.0 Å². The molecule has 0 N–H and O–H groups in total. The van der Waals surface area contributed by atoms with Crippen LogP contribution in [-0.4, -0.2) is 21.3 Å². The second-order valence-corrected chi connectivity index (χ2v) is 10.6. The van der Waals surface area contributed by atoms with Crippen LogP contribution < -0.4 is 0 Å². The Hall–Kier alpha value is 1.92. The van der Waals surface area contributed by atoms with Crippen molar-refractivity contribution in [2.45, 2.75) is 70.6 Å². The van der Waals surface area contributed by atoms with Gasteiger partial charge in [-0.15, -0.1) is 0 Å². The minimum Gasteiger partial charge on any atom is -0.0922 e. The van der Waals surface area contributed by atoms with Crippen LogP contribution in [0, 0.1) is 22.7 Å². The predicted octanol–water partition coefficient (Wildman–Crippen LogP) is 8.09. The third kappa shape index (κ3) is 5.96. The van der Waals surface area contributed by atoms with Crippen LogP contribution in [0.25, 0.3) is 0 Å². The number of alkyl halides is 4. The van der Waals surface area contributed by atoms with Crippen molar-refractivity contribution >= 4 is 63.7 Å². The smallest absolute Gasteiger partial charge is 0.00959 e. The van der Waals surface area contributed by atoms with Crippen molar-refractivity contribution in [2.24, 2.45) is 22.7 Å². The average molecular weight is 580 g/mol. The van der Waals surface area contributed by atoms with Crippen molar-refractivity contribution in [3.63, 3.8) is 0 Å². The molecule has 0 aromatic heterocycles. The van der Waals surface area contributed by atoms with E-state index in [1.165, 1.54) is 91.9 Å². The molecular formula is C19H32Br4. The number of hydrogen-bond donors (Lipinski definition) is 0. The van der Waals surface area contributed by atoms with Gasteiger partial charge in [0.15, 0.2) is 0 Å². The Morgan fingerprint density at radius 1 is 0.565 bits per heavy atom. The maximum Gasteiger partial charge on any atom is 0.00959 e. The minimum atomic E-state index is 0.550. The summed E-state index contributed by atoms with van der Waals surface area (Å²) >= 11 is 14.9. The average Bonchev–Trinajstić information content (AvgIpc) is 2.63. The molecule has 0 aliphatic heterocycles. The zero-order chi connectivity index (χ0) is 16.8. The molecule has 2 rings (SSSR count). The quantitative estimate of drug-likeness (QED) is 0.255. The van der Waals surface area contributed by atoms with Crippen molar-refractivity contribution in [3.05, 3.63) is 0 Å². The molecule has 0 heterocycles. The largest absolute Gasteiger partial charge is 0.0922 e. The van der Waals surface area contributed by atoms with E-state index in [9.17, 15) is 0 Å². The fraction of sp³-hybridized carbons (Fsp3) is 1.00. The van der Waals surface area contributed by atoms with E-state index in [2.05, 4.69) is 63.7 Å². The summed E-state index contributed by atoms with van der Waals surface area (Å²) in [5.41, 5.74) is 1.10. The van der Waals surface area contributed by atoms with Gasteiger partial charge in [-0.1, -0.05) is 83.0 Å². The highest BCUT2D eigenvalue weighted by atomic mass is 79.9. The van der Waals surface area contributed by atoms with Crippen LogP contribution in [0.5, 0.6) is 0 Å². The normalized spacial score (nSPS) is 25.6. The molecule has 0 aromatic rings. The Kier molecular flexibility index (Phi) is 9.51. The van der Waals surface area contributed by atoms with Gasteiger partial charge in [-0.3, -0.25) is 0 Å². The zero-order valence-electron chi connectivity index (χ0n) is 14.3. The highest BCUT2D eigenvalue weighted by molar-refractivity contribution is 9.10. The first-order valence-corrected chi connectivity index (χ1v) is 13.8. The van der Waals surface area contributed by atoms with Gasteiger partial charge in [0.2, 0.25) is 0 Å². The molecule has 0 amide bonds. The van der Waals surface area contributed by atoms with Crippen LogP contribution in [-0.2, 0) is 0 Å². The fourth-order valence-corrected chi connectivity index (χ4v) is 8.56. The van der Waals surface area contributed by atoms with Crippen LogP contribution in [0.2, 0.25) is 0 Å².